The second kappa shape index (κ2) is 7.37. The zero-order valence-electron chi connectivity index (χ0n) is 16.6. The van der Waals surface area contributed by atoms with Crippen LogP contribution in [0.3, 0.4) is 0 Å². The van der Waals surface area contributed by atoms with Crippen molar-refractivity contribution >= 4 is 22.6 Å². The van der Waals surface area contributed by atoms with Crippen LogP contribution >= 0.6 is 0 Å². The average Bonchev–Trinajstić information content (AvgIpc) is 3.55. The molecule has 1 amide bonds. The molecule has 0 aliphatic heterocycles. The van der Waals surface area contributed by atoms with E-state index in [1.807, 2.05) is 48.0 Å². The van der Waals surface area contributed by atoms with Crippen molar-refractivity contribution in [2.75, 3.05) is 5.32 Å². The summed E-state index contributed by atoms with van der Waals surface area (Å²) in [6.45, 7) is 2.45. The third kappa shape index (κ3) is 3.45. The highest BCUT2D eigenvalue weighted by molar-refractivity contribution is 6.12. The molecule has 0 spiro atoms. The molecule has 0 unspecified atom stereocenters. The van der Waals surface area contributed by atoms with Gasteiger partial charge in [-0.3, -0.25) is 4.79 Å². The number of nitrogens with one attached hydrogen (secondary N) is 1. The molecule has 150 valence electrons. The lowest BCUT2D eigenvalue weighted by molar-refractivity contribution is 0.102. The molecule has 2 aromatic carbocycles. The summed E-state index contributed by atoms with van der Waals surface area (Å²) in [7, 11) is 0. The molecule has 0 atom stereocenters. The summed E-state index contributed by atoms with van der Waals surface area (Å²) in [5, 5.41) is 8.10. The van der Waals surface area contributed by atoms with E-state index in [9.17, 15) is 9.18 Å². The van der Waals surface area contributed by atoms with Crippen molar-refractivity contribution in [3.05, 3.63) is 89.0 Å². The molecule has 1 aliphatic rings. The van der Waals surface area contributed by atoms with E-state index < -0.39 is 5.82 Å². The largest absolute Gasteiger partial charge is 0.319 e. The van der Waals surface area contributed by atoms with Gasteiger partial charge < -0.3 is 5.32 Å². The summed E-state index contributed by atoms with van der Waals surface area (Å²) in [6.07, 6.45) is 2.14. The highest BCUT2D eigenvalue weighted by atomic mass is 19.1. The van der Waals surface area contributed by atoms with Gasteiger partial charge in [-0.25, -0.2) is 14.1 Å². The van der Waals surface area contributed by atoms with E-state index in [0.717, 1.165) is 29.8 Å². The lowest BCUT2D eigenvalue weighted by atomic mass is 10.1. The Morgan fingerprint density at radius 2 is 1.87 bits per heavy atom. The van der Waals surface area contributed by atoms with Gasteiger partial charge >= 0.3 is 0 Å². The smallest absolute Gasteiger partial charge is 0.256 e. The molecule has 0 radical (unpaired) electrons. The molecule has 4 aromatic rings. The van der Waals surface area contributed by atoms with Crippen molar-refractivity contribution in [1.82, 2.24) is 14.8 Å². The zero-order chi connectivity index (χ0) is 20.7. The van der Waals surface area contributed by atoms with Gasteiger partial charge in [0.1, 0.15) is 5.82 Å². The molecular formula is C24H21FN4O. The fourth-order valence-electron chi connectivity index (χ4n) is 3.76. The number of benzene rings is 2. The Kier molecular flexibility index (Phi) is 4.54. The minimum Gasteiger partial charge on any atom is -0.319 e. The van der Waals surface area contributed by atoms with E-state index in [-0.39, 0.29) is 11.6 Å². The number of fused-ring (bicyclic) bond motifs is 1. The van der Waals surface area contributed by atoms with E-state index in [2.05, 4.69) is 10.4 Å². The highest BCUT2D eigenvalue weighted by Gasteiger charge is 2.29. The van der Waals surface area contributed by atoms with E-state index in [1.165, 1.54) is 6.07 Å². The minimum absolute atomic E-state index is 0.162. The predicted molar refractivity (Wildman–Crippen MR) is 114 cm³/mol. The van der Waals surface area contributed by atoms with Crippen LogP contribution in [0, 0.1) is 12.7 Å². The first-order valence-electron chi connectivity index (χ1n) is 10.1. The number of pyridine rings is 1. The van der Waals surface area contributed by atoms with Crippen molar-refractivity contribution in [3.63, 3.8) is 0 Å². The van der Waals surface area contributed by atoms with Crippen LogP contribution in [0.25, 0.3) is 11.0 Å². The van der Waals surface area contributed by atoms with Crippen LogP contribution in [-0.2, 0) is 6.54 Å². The van der Waals surface area contributed by atoms with E-state index in [1.54, 1.807) is 18.2 Å². The number of anilines is 1. The SMILES string of the molecule is Cc1nn(Cc2ccccc2)c2nc(C3CC3)cc(C(=O)Nc3ccccc3F)c12. The molecule has 1 N–H and O–H groups in total. The summed E-state index contributed by atoms with van der Waals surface area (Å²) in [6, 6.07) is 18.1. The van der Waals surface area contributed by atoms with Crippen molar-refractivity contribution in [3.8, 4) is 0 Å². The Hall–Kier alpha value is -3.54. The first kappa shape index (κ1) is 18.5. The second-order valence-corrected chi connectivity index (χ2v) is 7.73. The highest BCUT2D eigenvalue weighted by Crippen LogP contribution is 2.40. The van der Waals surface area contributed by atoms with Gasteiger partial charge in [0.15, 0.2) is 5.65 Å². The van der Waals surface area contributed by atoms with Crippen molar-refractivity contribution in [2.45, 2.75) is 32.2 Å². The van der Waals surface area contributed by atoms with Crippen LogP contribution in [0.2, 0.25) is 0 Å². The number of nitrogens with zero attached hydrogens (tertiary/aromatic N) is 3. The summed E-state index contributed by atoms with van der Waals surface area (Å²) >= 11 is 0. The van der Waals surface area contributed by atoms with Gasteiger partial charge in [0.05, 0.1) is 28.9 Å². The molecule has 30 heavy (non-hydrogen) atoms. The topological polar surface area (TPSA) is 59.8 Å². The first-order valence-corrected chi connectivity index (χ1v) is 10.1. The lowest BCUT2D eigenvalue weighted by Crippen LogP contribution is -2.14. The number of rotatable bonds is 5. The van der Waals surface area contributed by atoms with Crippen molar-refractivity contribution in [2.24, 2.45) is 0 Å². The Balaban J connectivity index is 1.60. The van der Waals surface area contributed by atoms with Crippen molar-refractivity contribution in [1.29, 1.82) is 0 Å². The van der Waals surface area contributed by atoms with Gasteiger partial charge in [0.2, 0.25) is 0 Å². The van der Waals surface area contributed by atoms with Gasteiger partial charge in [-0.05, 0) is 43.5 Å². The van der Waals surface area contributed by atoms with Gasteiger partial charge in [0.25, 0.3) is 5.91 Å². The number of carbonyl (C=O) groups is 1. The Morgan fingerprint density at radius 1 is 1.13 bits per heavy atom. The molecule has 5 rings (SSSR count). The van der Waals surface area contributed by atoms with E-state index in [0.29, 0.717) is 29.1 Å². The summed E-state index contributed by atoms with van der Waals surface area (Å²) in [5.41, 5.74) is 4.08. The van der Waals surface area contributed by atoms with Crippen LogP contribution < -0.4 is 5.32 Å². The van der Waals surface area contributed by atoms with Crippen molar-refractivity contribution < 1.29 is 9.18 Å². The number of para-hydroxylation sites is 1. The Bertz CT molecular complexity index is 1250. The number of hydrogen-bond acceptors (Lipinski definition) is 3. The fraction of sp³-hybridized carbons (Fsp3) is 0.208. The lowest BCUT2D eigenvalue weighted by Gasteiger charge is -2.10. The van der Waals surface area contributed by atoms with Crippen LogP contribution in [0.15, 0.2) is 60.7 Å². The zero-order valence-corrected chi connectivity index (χ0v) is 16.6. The molecule has 2 aromatic heterocycles. The standard InChI is InChI=1S/C24H21FN4O/c1-15-22-18(24(30)27-20-10-6-5-9-19(20)25)13-21(17-11-12-17)26-23(22)29(28-15)14-16-7-3-2-4-8-16/h2-10,13,17H,11-12,14H2,1H3,(H,27,30). The van der Waals surface area contributed by atoms with Gasteiger partial charge in [0, 0.05) is 11.6 Å². The number of hydrogen-bond donors (Lipinski definition) is 1. The monoisotopic (exact) mass is 400 g/mol. The molecule has 0 saturated heterocycles. The molecule has 1 saturated carbocycles. The summed E-state index contributed by atoms with van der Waals surface area (Å²) < 4.78 is 15.9. The molecule has 0 bridgehead atoms. The van der Waals surface area contributed by atoms with Gasteiger partial charge in [-0.2, -0.15) is 5.10 Å². The molecule has 1 fully saturated rings. The normalized spacial score (nSPS) is 13.5. The molecular weight excluding hydrogens is 379 g/mol. The molecule has 1 aliphatic carbocycles. The number of amides is 1. The number of halogens is 1. The number of aryl methyl sites for hydroxylation is 1. The molecule has 6 heteroatoms. The molecule has 2 heterocycles. The quantitative estimate of drug-likeness (QED) is 0.510. The Labute approximate surface area is 173 Å². The van der Waals surface area contributed by atoms with Crippen LogP contribution in [-0.4, -0.2) is 20.7 Å². The number of aromatic nitrogens is 3. The summed E-state index contributed by atoms with van der Waals surface area (Å²) in [5.74, 6) is -0.443. The summed E-state index contributed by atoms with van der Waals surface area (Å²) in [4.78, 5) is 18.0. The third-order valence-electron chi connectivity index (χ3n) is 5.43. The van der Waals surface area contributed by atoms with Crippen LogP contribution in [0.4, 0.5) is 10.1 Å². The van der Waals surface area contributed by atoms with Crippen LogP contribution in [0.1, 0.15) is 46.1 Å². The first-order chi connectivity index (χ1) is 14.6. The van der Waals surface area contributed by atoms with E-state index in [4.69, 9.17) is 4.98 Å². The second-order valence-electron chi connectivity index (χ2n) is 7.73. The Morgan fingerprint density at radius 3 is 2.60 bits per heavy atom. The van der Waals surface area contributed by atoms with Gasteiger partial charge in [-0.1, -0.05) is 42.5 Å². The fourth-order valence-corrected chi connectivity index (χ4v) is 3.76. The molecule has 5 nitrogen and oxygen atoms in total. The third-order valence-corrected chi connectivity index (χ3v) is 5.43. The average molecular weight is 400 g/mol. The maximum Gasteiger partial charge on any atom is 0.256 e. The van der Waals surface area contributed by atoms with E-state index >= 15 is 0 Å². The predicted octanol–water partition coefficient (Wildman–Crippen LogP) is 5.06. The maximum atomic E-state index is 14.1. The van der Waals surface area contributed by atoms with Crippen LogP contribution in [0.5, 0.6) is 0 Å². The van der Waals surface area contributed by atoms with Gasteiger partial charge in [-0.15, -0.1) is 0 Å². The maximum absolute atomic E-state index is 14.1. The number of carbonyl (C=O) groups excluding carboxylic acids is 1. The minimum atomic E-state index is -0.463.